The topological polar surface area (TPSA) is 114 Å². The minimum absolute atomic E-state index is 0.149. The Labute approximate surface area is 181 Å². The number of amides is 2. The van der Waals surface area contributed by atoms with E-state index in [4.69, 9.17) is 11.5 Å². The molecular formula is C24H27N5O2. The quantitative estimate of drug-likeness (QED) is 0.544. The fraction of sp³-hybridized carbons (Fsp3) is 0.292. The van der Waals surface area contributed by atoms with Crippen LogP contribution in [0.1, 0.15) is 24.0 Å². The summed E-state index contributed by atoms with van der Waals surface area (Å²) in [5.74, 6) is 0.181. The van der Waals surface area contributed by atoms with Crippen molar-refractivity contribution < 1.29 is 9.59 Å². The predicted molar refractivity (Wildman–Crippen MR) is 121 cm³/mol. The Balaban J connectivity index is 1.30. The molecule has 1 aliphatic rings. The molecule has 0 saturated carbocycles. The summed E-state index contributed by atoms with van der Waals surface area (Å²) in [6.45, 7) is 0.952. The molecule has 2 aromatic carbocycles. The molecule has 1 saturated heterocycles. The zero-order chi connectivity index (χ0) is 21.8. The van der Waals surface area contributed by atoms with Crippen LogP contribution in [0, 0.1) is 0 Å². The fourth-order valence-electron chi connectivity index (χ4n) is 3.89. The van der Waals surface area contributed by atoms with Crippen LogP contribution >= 0.6 is 0 Å². The Morgan fingerprint density at radius 3 is 2.68 bits per heavy atom. The van der Waals surface area contributed by atoms with E-state index in [0.29, 0.717) is 31.7 Å². The Morgan fingerprint density at radius 2 is 1.94 bits per heavy atom. The lowest BCUT2D eigenvalue weighted by molar-refractivity contribution is -0.148. The van der Waals surface area contributed by atoms with Gasteiger partial charge in [-0.3, -0.25) is 9.59 Å². The van der Waals surface area contributed by atoms with Crippen molar-refractivity contribution in [2.45, 2.75) is 37.9 Å². The van der Waals surface area contributed by atoms with Crippen molar-refractivity contribution in [2.24, 2.45) is 5.73 Å². The van der Waals surface area contributed by atoms with Gasteiger partial charge in [-0.2, -0.15) is 0 Å². The Kier molecular flexibility index (Phi) is 6.13. The van der Waals surface area contributed by atoms with Crippen LogP contribution in [0.25, 0.3) is 10.8 Å². The molecule has 2 amide bonds. The second kappa shape index (κ2) is 9.14. The lowest BCUT2D eigenvalue weighted by atomic mass is 9.98. The number of likely N-dealkylation sites (tertiary alicyclic amines) is 1. The molecule has 1 fully saturated rings. The minimum atomic E-state index is -0.602. The van der Waals surface area contributed by atoms with E-state index in [0.717, 1.165) is 28.3 Å². The summed E-state index contributed by atoms with van der Waals surface area (Å²) in [5, 5.41) is 4.80. The SMILES string of the molecule is Nc1nccc2cc(CNC(=O)[C@@H]3CCN3C(=O)C(N)CCc3ccccc3)ccc12. The minimum Gasteiger partial charge on any atom is -0.383 e. The molecule has 0 radical (unpaired) electrons. The maximum atomic E-state index is 12.7. The third kappa shape index (κ3) is 4.67. The second-order valence-corrected chi connectivity index (χ2v) is 7.94. The van der Waals surface area contributed by atoms with Gasteiger partial charge in [0.2, 0.25) is 11.8 Å². The van der Waals surface area contributed by atoms with E-state index in [2.05, 4.69) is 10.3 Å². The molecule has 2 heterocycles. The van der Waals surface area contributed by atoms with Gasteiger partial charge in [-0.25, -0.2) is 4.98 Å². The molecule has 4 rings (SSSR count). The van der Waals surface area contributed by atoms with Crippen molar-refractivity contribution in [1.82, 2.24) is 15.2 Å². The monoisotopic (exact) mass is 417 g/mol. The molecule has 2 atom stereocenters. The number of hydrogen-bond donors (Lipinski definition) is 3. The smallest absolute Gasteiger partial charge is 0.243 e. The van der Waals surface area contributed by atoms with Crippen LogP contribution in [0.2, 0.25) is 0 Å². The molecule has 1 aromatic heterocycles. The number of rotatable bonds is 7. The third-order valence-corrected chi connectivity index (χ3v) is 5.84. The molecule has 0 spiro atoms. The number of aryl methyl sites for hydroxylation is 1. The van der Waals surface area contributed by atoms with E-state index in [9.17, 15) is 9.59 Å². The normalized spacial score (nSPS) is 16.5. The number of nitrogen functional groups attached to an aromatic ring is 1. The van der Waals surface area contributed by atoms with E-state index in [-0.39, 0.29) is 11.8 Å². The average Bonchev–Trinajstić information content (AvgIpc) is 2.76. The van der Waals surface area contributed by atoms with Gasteiger partial charge in [0.05, 0.1) is 6.04 Å². The molecule has 1 aliphatic heterocycles. The van der Waals surface area contributed by atoms with E-state index in [1.165, 1.54) is 0 Å². The lowest BCUT2D eigenvalue weighted by Gasteiger charge is -2.41. The van der Waals surface area contributed by atoms with Crippen LogP contribution in [0.5, 0.6) is 0 Å². The Hall–Kier alpha value is -3.45. The number of nitrogens with one attached hydrogen (secondary N) is 1. The average molecular weight is 418 g/mol. The molecule has 1 unspecified atom stereocenters. The number of hydrogen-bond acceptors (Lipinski definition) is 5. The first kappa shape index (κ1) is 20.8. The number of nitrogens with zero attached hydrogens (tertiary/aromatic N) is 2. The maximum Gasteiger partial charge on any atom is 0.243 e. The first-order valence-corrected chi connectivity index (χ1v) is 10.5. The van der Waals surface area contributed by atoms with Gasteiger partial charge >= 0.3 is 0 Å². The number of carbonyl (C=O) groups excluding carboxylic acids is 2. The lowest BCUT2D eigenvalue weighted by Crippen LogP contribution is -2.61. The maximum absolute atomic E-state index is 12.7. The summed E-state index contributed by atoms with van der Waals surface area (Å²) in [7, 11) is 0. The predicted octanol–water partition coefficient (Wildman–Crippen LogP) is 1.99. The van der Waals surface area contributed by atoms with Crippen molar-refractivity contribution in [3.8, 4) is 0 Å². The highest BCUT2D eigenvalue weighted by Crippen LogP contribution is 2.22. The molecule has 7 heteroatoms. The van der Waals surface area contributed by atoms with Gasteiger partial charge in [0.1, 0.15) is 11.9 Å². The zero-order valence-corrected chi connectivity index (χ0v) is 17.3. The van der Waals surface area contributed by atoms with Crippen molar-refractivity contribution in [3.05, 3.63) is 71.9 Å². The van der Waals surface area contributed by atoms with Crippen LogP contribution in [0.4, 0.5) is 5.82 Å². The van der Waals surface area contributed by atoms with Gasteiger partial charge < -0.3 is 21.7 Å². The van der Waals surface area contributed by atoms with Gasteiger partial charge in [0.15, 0.2) is 0 Å². The number of benzene rings is 2. The van der Waals surface area contributed by atoms with E-state index < -0.39 is 12.1 Å². The third-order valence-electron chi connectivity index (χ3n) is 5.84. The van der Waals surface area contributed by atoms with E-state index >= 15 is 0 Å². The second-order valence-electron chi connectivity index (χ2n) is 7.94. The highest BCUT2D eigenvalue weighted by atomic mass is 16.2. The highest BCUT2D eigenvalue weighted by molar-refractivity contribution is 5.92. The van der Waals surface area contributed by atoms with Gasteiger partial charge in [-0.05, 0) is 47.9 Å². The fourth-order valence-corrected chi connectivity index (χ4v) is 3.89. The standard InChI is InChI=1S/C24H27N5O2/c25-20(9-7-16-4-2-1-3-5-16)24(31)29-13-11-21(29)23(30)28-15-17-6-8-19-18(14-17)10-12-27-22(19)26/h1-6,8,10,12,14,20-21H,7,9,11,13,15,25H2,(H2,26,27)(H,28,30)/t20?,21-/m0/s1. The van der Waals surface area contributed by atoms with Crippen LogP contribution in [0.3, 0.4) is 0 Å². The van der Waals surface area contributed by atoms with Crippen molar-refractivity contribution in [1.29, 1.82) is 0 Å². The molecule has 160 valence electrons. The number of carbonyl (C=O) groups is 2. The number of fused-ring (bicyclic) bond motifs is 1. The van der Waals surface area contributed by atoms with Crippen LogP contribution < -0.4 is 16.8 Å². The van der Waals surface area contributed by atoms with Crippen molar-refractivity contribution in [3.63, 3.8) is 0 Å². The van der Waals surface area contributed by atoms with Crippen LogP contribution in [-0.4, -0.2) is 40.3 Å². The summed E-state index contributed by atoms with van der Waals surface area (Å²) in [4.78, 5) is 31.1. The number of aromatic nitrogens is 1. The molecule has 31 heavy (non-hydrogen) atoms. The highest BCUT2D eigenvalue weighted by Gasteiger charge is 2.39. The van der Waals surface area contributed by atoms with Gasteiger partial charge in [0, 0.05) is 24.7 Å². The van der Waals surface area contributed by atoms with Crippen LogP contribution in [-0.2, 0) is 22.6 Å². The summed E-state index contributed by atoms with van der Waals surface area (Å²) < 4.78 is 0. The summed E-state index contributed by atoms with van der Waals surface area (Å²) in [6, 6.07) is 16.6. The molecule has 0 bridgehead atoms. The molecule has 0 aliphatic carbocycles. The summed E-state index contributed by atoms with van der Waals surface area (Å²) in [5.41, 5.74) is 14.1. The summed E-state index contributed by atoms with van der Waals surface area (Å²) in [6.07, 6.45) is 3.62. The van der Waals surface area contributed by atoms with E-state index in [1.807, 2.05) is 54.6 Å². The number of pyridine rings is 1. The van der Waals surface area contributed by atoms with Gasteiger partial charge in [0.25, 0.3) is 0 Å². The Bertz CT molecular complexity index is 1090. The molecule has 3 aromatic rings. The van der Waals surface area contributed by atoms with Gasteiger partial charge in [-0.1, -0.05) is 42.5 Å². The first-order chi connectivity index (χ1) is 15.0. The molecule has 7 nitrogen and oxygen atoms in total. The van der Waals surface area contributed by atoms with E-state index in [1.54, 1.807) is 11.1 Å². The number of anilines is 1. The number of nitrogens with two attached hydrogens (primary N) is 2. The molecule has 5 N–H and O–H groups in total. The van der Waals surface area contributed by atoms with Gasteiger partial charge in [-0.15, -0.1) is 0 Å². The largest absolute Gasteiger partial charge is 0.383 e. The Morgan fingerprint density at radius 1 is 1.13 bits per heavy atom. The van der Waals surface area contributed by atoms with Crippen molar-refractivity contribution >= 4 is 28.4 Å². The van der Waals surface area contributed by atoms with Crippen LogP contribution in [0.15, 0.2) is 60.8 Å². The van der Waals surface area contributed by atoms with Crippen molar-refractivity contribution in [2.75, 3.05) is 12.3 Å². The summed E-state index contributed by atoms with van der Waals surface area (Å²) >= 11 is 0. The molecular weight excluding hydrogens is 390 g/mol. The zero-order valence-electron chi connectivity index (χ0n) is 17.3. The first-order valence-electron chi connectivity index (χ1n) is 10.5.